The molecule has 0 bridgehead atoms. The molecule has 1 unspecified atom stereocenters. The van der Waals surface area contributed by atoms with Crippen LogP contribution in [-0.4, -0.2) is 30.4 Å². The van der Waals surface area contributed by atoms with Crippen molar-refractivity contribution in [2.45, 2.75) is 96.1 Å². The zero-order valence-corrected chi connectivity index (χ0v) is 17.1. The molecule has 0 saturated heterocycles. The average Bonchev–Trinajstić information content (AvgIpc) is 3.11. The van der Waals surface area contributed by atoms with Gasteiger partial charge in [-0.3, -0.25) is 9.59 Å². The third kappa shape index (κ3) is 7.83. The highest BCUT2D eigenvalue weighted by atomic mass is 35.5. The Bertz CT molecular complexity index is 419. The molecule has 0 spiro atoms. The van der Waals surface area contributed by atoms with E-state index in [1.54, 1.807) is 0 Å². The predicted octanol–water partition coefficient (Wildman–Crippen LogP) is 3.30. The van der Waals surface area contributed by atoms with E-state index in [0.717, 1.165) is 44.9 Å². The number of carbonyl (C=O) groups excluding carboxylic acids is 2. The minimum absolute atomic E-state index is 0. The van der Waals surface area contributed by atoms with Gasteiger partial charge in [0.1, 0.15) is 0 Å². The largest absolute Gasteiger partial charge is 0.353 e. The number of rotatable bonds is 9. The number of nitrogens with one attached hydrogen (secondary N) is 2. The van der Waals surface area contributed by atoms with E-state index in [9.17, 15) is 9.59 Å². The van der Waals surface area contributed by atoms with Crippen LogP contribution in [0.4, 0.5) is 0 Å². The van der Waals surface area contributed by atoms with Crippen LogP contribution in [0, 0.1) is 11.8 Å². The number of hydrogen-bond acceptors (Lipinski definition) is 3. The Labute approximate surface area is 165 Å². The lowest BCUT2D eigenvalue weighted by atomic mass is 9.85. The summed E-state index contributed by atoms with van der Waals surface area (Å²) in [7, 11) is 0. The molecular formula is C20H38ClN3O2. The maximum absolute atomic E-state index is 12.4. The van der Waals surface area contributed by atoms with Gasteiger partial charge in [0, 0.05) is 31.0 Å². The number of unbranched alkanes of at least 4 members (excludes halogenated alkanes) is 1. The minimum atomic E-state index is 0. The third-order valence-corrected chi connectivity index (χ3v) is 5.95. The Kier molecular flexibility index (Phi) is 11.2. The van der Waals surface area contributed by atoms with E-state index in [1.165, 1.54) is 25.7 Å². The van der Waals surface area contributed by atoms with Crippen LogP contribution >= 0.6 is 12.4 Å². The Hall–Kier alpha value is -0.810. The van der Waals surface area contributed by atoms with E-state index < -0.39 is 0 Å². The molecule has 6 heteroatoms. The first-order valence-electron chi connectivity index (χ1n) is 10.4. The Morgan fingerprint density at radius 1 is 1.08 bits per heavy atom. The second kappa shape index (κ2) is 12.6. The van der Waals surface area contributed by atoms with Crippen LogP contribution < -0.4 is 16.4 Å². The van der Waals surface area contributed by atoms with Crippen LogP contribution in [0.1, 0.15) is 84.0 Å². The van der Waals surface area contributed by atoms with Crippen molar-refractivity contribution in [2.24, 2.45) is 17.6 Å². The summed E-state index contributed by atoms with van der Waals surface area (Å²) in [6.07, 6.45) is 12.4. The first-order valence-corrected chi connectivity index (χ1v) is 10.4. The molecule has 2 aliphatic rings. The van der Waals surface area contributed by atoms with Gasteiger partial charge in [0.15, 0.2) is 0 Å². The summed E-state index contributed by atoms with van der Waals surface area (Å²) in [4.78, 5) is 24.6. The smallest absolute Gasteiger partial charge is 0.223 e. The molecule has 0 aliphatic heterocycles. The summed E-state index contributed by atoms with van der Waals surface area (Å²) in [5.74, 6) is 1.04. The van der Waals surface area contributed by atoms with Crippen molar-refractivity contribution in [1.29, 1.82) is 0 Å². The second-order valence-corrected chi connectivity index (χ2v) is 8.05. The van der Waals surface area contributed by atoms with Gasteiger partial charge in [-0.05, 0) is 50.9 Å². The standard InChI is InChI=1S/C20H37N3O2.ClH/c1-2-3-8-18(14-21)23-20(25)16-9-11-17(12-10-16)22-19(24)13-15-6-4-5-7-15;/h15-18H,2-14,21H2,1H3,(H,22,24)(H,23,25);1H. The van der Waals surface area contributed by atoms with E-state index in [4.69, 9.17) is 5.73 Å². The van der Waals surface area contributed by atoms with Gasteiger partial charge in [-0.15, -0.1) is 12.4 Å². The molecule has 0 heterocycles. The zero-order valence-electron chi connectivity index (χ0n) is 16.3. The van der Waals surface area contributed by atoms with Crippen molar-refractivity contribution in [3.05, 3.63) is 0 Å². The number of halogens is 1. The molecule has 2 saturated carbocycles. The first kappa shape index (κ1) is 23.2. The van der Waals surface area contributed by atoms with Crippen molar-refractivity contribution < 1.29 is 9.59 Å². The summed E-state index contributed by atoms with van der Waals surface area (Å²) in [6, 6.07) is 0.361. The van der Waals surface area contributed by atoms with Gasteiger partial charge in [0.05, 0.1) is 0 Å². The molecule has 5 nitrogen and oxygen atoms in total. The Morgan fingerprint density at radius 2 is 1.73 bits per heavy atom. The fraction of sp³-hybridized carbons (Fsp3) is 0.900. The van der Waals surface area contributed by atoms with Crippen molar-refractivity contribution in [2.75, 3.05) is 6.54 Å². The van der Waals surface area contributed by atoms with E-state index in [1.807, 2.05) is 0 Å². The van der Waals surface area contributed by atoms with E-state index in [0.29, 0.717) is 18.9 Å². The molecular weight excluding hydrogens is 350 g/mol. The van der Waals surface area contributed by atoms with Gasteiger partial charge in [0.25, 0.3) is 0 Å². The molecule has 1 atom stereocenters. The topological polar surface area (TPSA) is 84.2 Å². The van der Waals surface area contributed by atoms with Crippen LogP contribution in [0.5, 0.6) is 0 Å². The number of nitrogens with two attached hydrogens (primary N) is 1. The number of hydrogen-bond donors (Lipinski definition) is 3. The molecule has 2 amide bonds. The molecule has 0 aromatic rings. The predicted molar refractivity (Wildman–Crippen MR) is 108 cm³/mol. The Balaban J connectivity index is 0.00000338. The molecule has 2 fully saturated rings. The highest BCUT2D eigenvalue weighted by Crippen LogP contribution is 2.28. The lowest BCUT2D eigenvalue weighted by Gasteiger charge is -2.30. The summed E-state index contributed by atoms with van der Waals surface area (Å²) < 4.78 is 0. The number of carbonyl (C=O) groups is 2. The fourth-order valence-corrected chi connectivity index (χ4v) is 4.28. The molecule has 0 radical (unpaired) electrons. The van der Waals surface area contributed by atoms with Gasteiger partial charge >= 0.3 is 0 Å². The average molecular weight is 388 g/mol. The summed E-state index contributed by atoms with van der Waals surface area (Å²) in [6.45, 7) is 2.66. The normalized spacial score (nSPS) is 24.5. The fourth-order valence-electron chi connectivity index (χ4n) is 4.28. The van der Waals surface area contributed by atoms with Gasteiger partial charge in [-0.25, -0.2) is 0 Å². The van der Waals surface area contributed by atoms with E-state index in [2.05, 4.69) is 17.6 Å². The van der Waals surface area contributed by atoms with Gasteiger partial charge < -0.3 is 16.4 Å². The van der Waals surface area contributed by atoms with Crippen LogP contribution in [-0.2, 0) is 9.59 Å². The molecule has 2 rings (SSSR count). The van der Waals surface area contributed by atoms with Crippen molar-refractivity contribution in [3.63, 3.8) is 0 Å². The summed E-state index contributed by atoms with van der Waals surface area (Å²) in [5.41, 5.74) is 5.77. The van der Waals surface area contributed by atoms with Crippen LogP contribution in [0.2, 0.25) is 0 Å². The highest BCUT2D eigenvalue weighted by molar-refractivity contribution is 5.85. The Morgan fingerprint density at radius 3 is 2.31 bits per heavy atom. The maximum Gasteiger partial charge on any atom is 0.223 e. The first-order chi connectivity index (χ1) is 12.1. The molecule has 152 valence electrons. The molecule has 4 N–H and O–H groups in total. The summed E-state index contributed by atoms with van der Waals surface area (Å²) in [5, 5.41) is 6.32. The minimum Gasteiger partial charge on any atom is -0.353 e. The highest BCUT2D eigenvalue weighted by Gasteiger charge is 2.28. The quantitative estimate of drug-likeness (QED) is 0.567. The van der Waals surface area contributed by atoms with E-state index in [-0.39, 0.29) is 42.2 Å². The monoisotopic (exact) mass is 387 g/mol. The molecule has 0 aromatic heterocycles. The van der Waals surface area contributed by atoms with Crippen LogP contribution in [0.3, 0.4) is 0 Å². The second-order valence-electron chi connectivity index (χ2n) is 8.05. The van der Waals surface area contributed by atoms with Crippen LogP contribution in [0.25, 0.3) is 0 Å². The van der Waals surface area contributed by atoms with Crippen molar-refractivity contribution >= 4 is 24.2 Å². The lowest BCUT2D eigenvalue weighted by molar-refractivity contribution is -0.126. The molecule has 26 heavy (non-hydrogen) atoms. The molecule has 2 aliphatic carbocycles. The lowest BCUT2D eigenvalue weighted by Crippen LogP contribution is -2.45. The van der Waals surface area contributed by atoms with Crippen LogP contribution in [0.15, 0.2) is 0 Å². The van der Waals surface area contributed by atoms with Crippen molar-refractivity contribution in [1.82, 2.24) is 10.6 Å². The summed E-state index contributed by atoms with van der Waals surface area (Å²) >= 11 is 0. The van der Waals surface area contributed by atoms with Gasteiger partial charge in [-0.1, -0.05) is 32.6 Å². The third-order valence-electron chi connectivity index (χ3n) is 5.95. The number of amides is 2. The maximum atomic E-state index is 12.4. The van der Waals surface area contributed by atoms with Gasteiger partial charge in [0.2, 0.25) is 11.8 Å². The van der Waals surface area contributed by atoms with Crippen molar-refractivity contribution in [3.8, 4) is 0 Å². The van der Waals surface area contributed by atoms with Gasteiger partial charge in [-0.2, -0.15) is 0 Å². The SMILES string of the molecule is CCCCC(CN)NC(=O)C1CCC(NC(=O)CC2CCCC2)CC1.Cl. The zero-order chi connectivity index (χ0) is 18.1. The molecule has 0 aromatic carbocycles. The van der Waals surface area contributed by atoms with E-state index >= 15 is 0 Å².